The molecule has 0 radical (unpaired) electrons. The van der Waals surface area contributed by atoms with Crippen molar-refractivity contribution in [1.29, 1.82) is 0 Å². The summed E-state index contributed by atoms with van der Waals surface area (Å²) in [7, 11) is 0. The Hall–Kier alpha value is -1.40. The SMILES string of the molecule is CC(C)(C)C(=O)NCCCC(=O)NCC(c1cccs1)N1CCCC1. The van der Waals surface area contributed by atoms with Crippen molar-refractivity contribution in [2.45, 2.75) is 52.5 Å². The molecule has 1 fully saturated rings. The van der Waals surface area contributed by atoms with Gasteiger partial charge in [-0.2, -0.15) is 0 Å². The normalized spacial score (nSPS) is 16.6. The fraction of sp³-hybridized carbons (Fsp3) is 0.684. The van der Waals surface area contributed by atoms with E-state index in [0.717, 1.165) is 13.1 Å². The monoisotopic (exact) mass is 365 g/mol. The molecule has 0 aromatic carbocycles. The highest BCUT2D eigenvalue weighted by atomic mass is 32.1. The van der Waals surface area contributed by atoms with Gasteiger partial charge < -0.3 is 10.6 Å². The zero-order chi connectivity index (χ0) is 18.3. The molecule has 1 unspecified atom stereocenters. The molecule has 5 nitrogen and oxygen atoms in total. The van der Waals surface area contributed by atoms with Gasteiger partial charge in [0.25, 0.3) is 0 Å². The third-order valence-corrected chi connectivity index (χ3v) is 5.47. The first-order valence-corrected chi connectivity index (χ1v) is 10.1. The molecule has 0 saturated carbocycles. The highest BCUT2D eigenvalue weighted by Crippen LogP contribution is 2.27. The molecule has 1 aliphatic heterocycles. The van der Waals surface area contributed by atoms with E-state index >= 15 is 0 Å². The molecule has 1 aliphatic rings. The van der Waals surface area contributed by atoms with Crippen molar-refractivity contribution < 1.29 is 9.59 Å². The number of thiophene rings is 1. The van der Waals surface area contributed by atoms with Crippen molar-refractivity contribution in [3.63, 3.8) is 0 Å². The van der Waals surface area contributed by atoms with E-state index in [-0.39, 0.29) is 23.3 Å². The summed E-state index contributed by atoms with van der Waals surface area (Å²) in [6.07, 6.45) is 3.59. The predicted molar refractivity (Wildman–Crippen MR) is 103 cm³/mol. The molecule has 0 aliphatic carbocycles. The Bertz CT molecular complexity index is 546. The van der Waals surface area contributed by atoms with Crippen molar-refractivity contribution in [3.05, 3.63) is 22.4 Å². The summed E-state index contributed by atoms with van der Waals surface area (Å²) >= 11 is 1.76. The van der Waals surface area contributed by atoms with Gasteiger partial charge in [0.15, 0.2) is 0 Å². The van der Waals surface area contributed by atoms with Crippen LogP contribution >= 0.6 is 11.3 Å². The lowest BCUT2D eigenvalue weighted by atomic mass is 9.96. The molecule has 6 heteroatoms. The van der Waals surface area contributed by atoms with E-state index in [9.17, 15) is 9.59 Å². The van der Waals surface area contributed by atoms with Crippen LogP contribution in [0.5, 0.6) is 0 Å². The van der Waals surface area contributed by atoms with Crippen LogP contribution in [0.15, 0.2) is 17.5 Å². The van der Waals surface area contributed by atoms with Crippen molar-refractivity contribution in [2.75, 3.05) is 26.2 Å². The third kappa shape index (κ3) is 6.44. The fourth-order valence-electron chi connectivity index (χ4n) is 2.96. The van der Waals surface area contributed by atoms with Crippen molar-refractivity contribution in [2.24, 2.45) is 5.41 Å². The molecular formula is C19H31N3O2S. The molecule has 0 spiro atoms. The second-order valence-corrected chi connectivity index (χ2v) is 8.67. The molecule has 2 amide bonds. The summed E-state index contributed by atoms with van der Waals surface area (Å²) in [6, 6.07) is 4.51. The Kier molecular flexibility index (Phi) is 7.44. The molecule has 2 heterocycles. The molecule has 1 aromatic rings. The van der Waals surface area contributed by atoms with Crippen LogP contribution in [0.2, 0.25) is 0 Å². The molecular weight excluding hydrogens is 334 g/mol. The number of rotatable bonds is 8. The largest absolute Gasteiger partial charge is 0.356 e. The Balaban J connectivity index is 1.71. The van der Waals surface area contributed by atoms with Gasteiger partial charge in [-0.3, -0.25) is 14.5 Å². The van der Waals surface area contributed by atoms with E-state index in [1.165, 1.54) is 17.7 Å². The number of amides is 2. The maximum atomic E-state index is 12.1. The first-order valence-electron chi connectivity index (χ1n) is 9.20. The highest BCUT2D eigenvalue weighted by molar-refractivity contribution is 7.10. The van der Waals surface area contributed by atoms with E-state index < -0.39 is 0 Å². The van der Waals surface area contributed by atoms with Crippen LogP contribution in [-0.2, 0) is 9.59 Å². The van der Waals surface area contributed by atoms with Crippen molar-refractivity contribution >= 4 is 23.2 Å². The topological polar surface area (TPSA) is 61.4 Å². The number of hydrogen-bond donors (Lipinski definition) is 2. The van der Waals surface area contributed by atoms with Gasteiger partial charge in [0.2, 0.25) is 11.8 Å². The van der Waals surface area contributed by atoms with Crippen LogP contribution in [0.3, 0.4) is 0 Å². The van der Waals surface area contributed by atoms with E-state index in [4.69, 9.17) is 0 Å². The summed E-state index contributed by atoms with van der Waals surface area (Å²) in [5, 5.41) is 8.06. The molecule has 1 aromatic heterocycles. The second kappa shape index (κ2) is 9.34. The maximum Gasteiger partial charge on any atom is 0.225 e. The third-order valence-electron chi connectivity index (χ3n) is 4.49. The maximum absolute atomic E-state index is 12.1. The van der Waals surface area contributed by atoms with E-state index in [0.29, 0.717) is 25.9 Å². The summed E-state index contributed by atoms with van der Waals surface area (Å²) in [4.78, 5) is 27.7. The Morgan fingerprint density at radius 3 is 2.56 bits per heavy atom. The summed E-state index contributed by atoms with van der Waals surface area (Å²) in [5.41, 5.74) is -0.383. The molecule has 0 bridgehead atoms. The number of nitrogens with one attached hydrogen (secondary N) is 2. The number of nitrogens with zero attached hydrogens (tertiary/aromatic N) is 1. The molecule has 1 saturated heterocycles. The minimum absolute atomic E-state index is 0.0275. The lowest BCUT2D eigenvalue weighted by Gasteiger charge is -2.27. The lowest BCUT2D eigenvalue weighted by molar-refractivity contribution is -0.128. The quantitative estimate of drug-likeness (QED) is 0.696. The van der Waals surface area contributed by atoms with Crippen molar-refractivity contribution in [3.8, 4) is 0 Å². The van der Waals surface area contributed by atoms with Crippen molar-refractivity contribution in [1.82, 2.24) is 15.5 Å². The average molecular weight is 366 g/mol. The standard InChI is InChI=1S/C19H31N3O2S/c1-19(2,3)18(24)20-10-6-9-17(23)21-14-15(16-8-7-13-25-16)22-11-4-5-12-22/h7-8,13,15H,4-6,9-12,14H2,1-3H3,(H,20,24)(H,21,23). The number of likely N-dealkylation sites (tertiary alicyclic amines) is 1. The Morgan fingerprint density at radius 1 is 1.24 bits per heavy atom. The molecule has 2 N–H and O–H groups in total. The van der Waals surface area contributed by atoms with Crippen LogP contribution in [0.4, 0.5) is 0 Å². The Labute approximate surface area is 155 Å². The van der Waals surface area contributed by atoms with Gasteiger partial charge in [-0.25, -0.2) is 0 Å². The molecule has 140 valence electrons. The number of carbonyl (C=O) groups is 2. The van der Waals surface area contributed by atoms with Gasteiger partial charge in [0.1, 0.15) is 0 Å². The smallest absolute Gasteiger partial charge is 0.225 e. The van der Waals surface area contributed by atoms with Gasteiger partial charge in [0, 0.05) is 29.8 Å². The lowest BCUT2D eigenvalue weighted by Crippen LogP contribution is -2.37. The van der Waals surface area contributed by atoms with Gasteiger partial charge in [-0.1, -0.05) is 26.8 Å². The van der Waals surface area contributed by atoms with Gasteiger partial charge in [-0.15, -0.1) is 11.3 Å². The van der Waals surface area contributed by atoms with Crippen LogP contribution in [0.25, 0.3) is 0 Å². The average Bonchev–Trinajstić information content (AvgIpc) is 3.24. The molecule has 2 rings (SSSR count). The molecule has 25 heavy (non-hydrogen) atoms. The van der Waals surface area contributed by atoms with Gasteiger partial charge in [0.05, 0.1) is 6.04 Å². The van der Waals surface area contributed by atoms with Crippen LogP contribution in [0, 0.1) is 5.41 Å². The highest BCUT2D eigenvalue weighted by Gasteiger charge is 2.24. The summed E-state index contributed by atoms with van der Waals surface area (Å²) in [5.74, 6) is 0.0884. The number of carbonyl (C=O) groups excluding carboxylic acids is 2. The minimum Gasteiger partial charge on any atom is -0.356 e. The predicted octanol–water partition coefficient (Wildman–Crippen LogP) is 2.94. The molecule has 1 atom stereocenters. The minimum atomic E-state index is -0.383. The van der Waals surface area contributed by atoms with Crippen LogP contribution in [0.1, 0.15) is 57.4 Å². The van der Waals surface area contributed by atoms with Crippen LogP contribution < -0.4 is 10.6 Å². The van der Waals surface area contributed by atoms with Gasteiger partial charge >= 0.3 is 0 Å². The second-order valence-electron chi connectivity index (χ2n) is 7.69. The zero-order valence-corrected chi connectivity index (χ0v) is 16.5. The van der Waals surface area contributed by atoms with E-state index in [2.05, 4.69) is 33.0 Å². The van der Waals surface area contributed by atoms with Crippen LogP contribution in [-0.4, -0.2) is 42.9 Å². The van der Waals surface area contributed by atoms with Gasteiger partial charge in [-0.05, 0) is 43.8 Å². The zero-order valence-electron chi connectivity index (χ0n) is 15.6. The summed E-state index contributed by atoms with van der Waals surface area (Å²) < 4.78 is 0. The first kappa shape index (κ1) is 19.9. The fourth-order valence-corrected chi connectivity index (χ4v) is 3.82. The number of hydrogen-bond acceptors (Lipinski definition) is 4. The van der Waals surface area contributed by atoms with E-state index in [1.807, 2.05) is 20.8 Å². The first-order chi connectivity index (χ1) is 11.9. The van der Waals surface area contributed by atoms with E-state index in [1.54, 1.807) is 11.3 Å². The summed E-state index contributed by atoms with van der Waals surface area (Å²) in [6.45, 7) is 9.08. The Morgan fingerprint density at radius 2 is 1.96 bits per heavy atom.